The molecule has 0 aliphatic carbocycles. The fraction of sp³-hybridized carbons (Fsp3) is 0.158. The van der Waals surface area contributed by atoms with Crippen molar-refractivity contribution < 1.29 is 4.92 Å². The molecule has 2 aromatic carbocycles. The molecule has 5 rings (SSSR count). The molecular formula is C19H14N4O2S. The van der Waals surface area contributed by atoms with Crippen LogP contribution in [0.3, 0.4) is 0 Å². The van der Waals surface area contributed by atoms with Gasteiger partial charge in [0.1, 0.15) is 10.7 Å². The number of fused-ring (bicyclic) bond motifs is 2. The number of pyridine rings is 1. The monoisotopic (exact) mass is 362 g/mol. The Balaban J connectivity index is 1.47. The molecule has 0 radical (unpaired) electrons. The molecule has 26 heavy (non-hydrogen) atoms. The van der Waals surface area contributed by atoms with Crippen LogP contribution in [0, 0.1) is 10.1 Å². The average molecular weight is 362 g/mol. The van der Waals surface area contributed by atoms with E-state index < -0.39 is 0 Å². The molecule has 0 spiro atoms. The maximum absolute atomic E-state index is 11.7. The Bertz CT molecular complexity index is 1120. The van der Waals surface area contributed by atoms with Gasteiger partial charge >= 0.3 is 5.69 Å². The number of hydrogen-bond acceptors (Lipinski definition) is 6. The van der Waals surface area contributed by atoms with Crippen molar-refractivity contribution >= 4 is 43.8 Å². The zero-order valence-corrected chi connectivity index (χ0v) is 14.5. The minimum atomic E-state index is -0.301. The van der Waals surface area contributed by atoms with Crippen LogP contribution < -0.4 is 4.90 Å². The summed E-state index contributed by atoms with van der Waals surface area (Å²) < 4.78 is 1.18. The Labute approximate surface area is 152 Å². The van der Waals surface area contributed by atoms with E-state index in [0.29, 0.717) is 22.5 Å². The molecular weight excluding hydrogens is 348 g/mol. The third-order valence-electron chi connectivity index (χ3n) is 4.80. The molecule has 0 atom stereocenters. The van der Waals surface area contributed by atoms with Crippen LogP contribution in [0.4, 0.5) is 11.4 Å². The van der Waals surface area contributed by atoms with Crippen LogP contribution in [0.1, 0.15) is 10.9 Å². The van der Waals surface area contributed by atoms with E-state index in [0.717, 1.165) is 23.6 Å². The number of nitrogens with zero attached hydrogens (tertiary/aromatic N) is 4. The second kappa shape index (κ2) is 5.74. The van der Waals surface area contributed by atoms with Gasteiger partial charge in [0.15, 0.2) is 0 Å². The highest BCUT2D eigenvalue weighted by atomic mass is 32.1. The Kier molecular flexibility index (Phi) is 3.36. The maximum atomic E-state index is 11.7. The topological polar surface area (TPSA) is 72.2 Å². The van der Waals surface area contributed by atoms with Crippen LogP contribution in [0.2, 0.25) is 0 Å². The number of hydrogen-bond donors (Lipinski definition) is 0. The lowest BCUT2D eigenvalue weighted by atomic mass is 9.98. The molecule has 1 fully saturated rings. The quantitative estimate of drug-likeness (QED) is 0.400. The van der Waals surface area contributed by atoms with Crippen molar-refractivity contribution in [1.82, 2.24) is 9.97 Å². The highest BCUT2D eigenvalue weighted by Crippen LogP contribution is 2.41. The molecule has 1 saturated heterocycles. The van der Waals surface area contributed by atoms with Crippen LogP contribution in [0.5, 0.6) is 0 Å². The van der Waals surface area contributed by atoms with Gasteiger partial charge in [-0.05, 0) is 36.4 Å². The summed E-state index contributed by atoms with van der Waals surface area (Å²) in [5.74, 6) is 0.316. The Morgan fingerprint density at radius 1 is 1.08 bits per heavy atom. The van der Waals surface area contributed by atoms with Crippen molar-refractivity contribution in [3.63, 3.8) is 0 Å². The number of anilines is 1. The van der Waals surface area contributed by atoms with E-state index in [4.69, 9.17) is 4.98 Å². The predicted octanol–water partition coefficient (Wildman–Crippen LogP) is 4.36. The van der Waals surface area contributed by atoms with Crippen molar-refractivity contribution in [2.24, 2.45) is 0 Å². The number of para-hydroxylation sites is 1. The molecule has 6 nitrogen and oxygen atoms in total. The van der Waals surface area contributed by atoms with Gasteiger partial charge in [0.05, 0.1) is 26.0 Å². The standard InChI is InChI=1S/C19H14N4O2S/c24-23(25)18-13-4-3-9-20-14(13)7-8-16(18)22-10-12(11-22)19-21-15-5-1-2-6-17(15)26-19/h1-9,12H,10-11H2. The number of thiazole rings is 1. The predicted molar refractivity (Wildman–Crippen MR) is 103 cm³/mol. The summed E-state index contributed by atoms with van der Waals surface area (Å²) in [4.78, 5) is 22.4. The first-order valence-corrected chi connectivity index (χ1v) is 9.15. The van der Waals surface area contributed by atoms with E-state index in [1.54, 1.807) is 29.7 Å². The zero-order chi connectivity index (χ0) is 17.7. The largest absolute Gasteiger partial charge is 0.364 e. The van der Waals surface area contributed by atoms with Crippen LogP contribution in [0.25, 0.3) is 21.1 Å². The maximum Gasteiger partial charge on any atom is 0.301 e. The molecule has 0 unspecified atom stereocenters. The van der Waals surface area contributed by atoms with Gasteiger partial charge in [-0.1, -0.05) is 12.1 Å². The minimum absolute atomic E-state index is 0.137. The second-order valence-electron chi connectivity index (χ2n) is 6.38. The zero-order valence-electron chi connectivity index (χ0n) is 13.7. The molecule has 4 aromatic rings. The molecule has 0 saturated carbocycles. The van der Waals surface area contributed by atoms with E-state index in [1.165, 1.54) is 4.70 Å². The smallest absolute Gasteiger partial charge is 0.301 e. The summed E-state index contributed by atoms with van der Waals surface area (Å²) in [6, 6.07) is 15.3. The van der Waals surface area contributed by atoms with Crippen molar-refractivity contribution in [3.05, 3.63) is 69.8 Å². The molecule has 7 heteroatoms. The number of nitro benzene ring substituents is 1. The highest BCUT2D eigenvalue weighted by Gasteiger charge is 2.35. The summed E-state index contributed by atoms with van der Waals surface area (Å²) in [5, 5.41) is 13.4. The van der Waals surface area contributed by atoms with E-state index in [1.807, 2.05) is 30.3 Å². The average Bonchev–Trinajstić information content (AvgIpc) is 3.03. The van der Waals surface area contributed by atoms with Crippen LogP contribution in [-0.4, -0.2) is 28.0 Å². The fourth-order valence-electron chi connectivity index (χ4n) is 3.47. The summed E-state index contributed by atoms with van der Waals surface area (Å²) in [6.45, 7) is 1.48. The summed E-state index contributed by atoms with van der Waals surface area (Å²) in [7, 11) is 0. The second-order valence-corrected chi connectivity index (χ2v) is 7.44. The third-order valence-corrected chi connectivity index (χ3v) is 6.00. The molecule has 128 valence electrons. The lowest BCUT2D eigenvalue weighted by molar-refractivity contribution is -0.382. The lowest BCUT2D eigenvalue weighted by Gasteiger charge is -2.39. The van der Waals surface area contributed by atoms with Crippen LogP contribution >= 0.6 is 11.3 Å². The van der Waals surface area contributed by atoms with Crippen molar-refractivity contribution in [1.29, 1.82) is 0 Å². The molecule has 0 amide bonds. The molecule has 3 heterocycles. The minimum Gasteiger partial charge on any atom is -0.364 e. The Morgan fingerprint density at radius 3 is 2.73 bits per heavy atom. The Hall–Kier alpha value is -3.06. The van der Waals surface area contributed by atoms with Crippen LogP contribution in [0.15, 0.2) is 54.7 Å². The van der Waals surface area contributed by atoms with Gasteiger partial charge < -0.3 is 4.90 Å². The van der Waals surface area contributed by atoms with E-state index in [9.17, 15) is 10.1 Å². The summed E-state index contributed by atoms with van der Waals surface area (Å²) >= 11 is 1.71. The molecule has 0 bridgehead atoms. The van der Waals surface area contributed by atoms with Gasteiger partial charge in [-0.3, -0.25) is 15.1 Å². The highest BCUT2D eigenvalue weighted by molar-refractivity contribution is 7.18. The molecule has 0 N–H and O–H groups in total. The van der Waals surface area contributed by atoms with Crippen molar-refractivity contribution in [3.8, 4) is 0 Å². The first-order chi connectivity index (χ1) is 12.7. The molecule has 2 aromatic heterocycles. The van der Waals surface area contributed by atoms with Gasteiger partial charge in [0, 0.05) is 25.2 Å². The van der Waals surface area contributed by atoms with E-state index in [2.05, 4.69) is 16.0 Å². The van der Waals surface area contributed by atoms with E-state index in [-0.39, 0.29) is 10.6 Å². The van der Waals surface area contributed by atoms with Gasteiger partial charge in [-0.25, -0.2) is 4.98 Å². The van der Waals surface area contributed by atoms with Crippen molar-refractivity contribution in [2.75, 3.05) is 18.0 Å². The lowest BCUT2D eigenvalue weighted by Crippen LogP contribution is -2.45. The fourth-order valence-corrected chi connectivity index (χ4v) is 4.52. The third kappa shape index (κ3) is 2.32. The molecule has 1 aliphatic rings. The number of aromatic nitrogens is 2. The Morgan fingerprint density at radius 2 is 1.92 bits per heavy atom. The first kappa shape index (κ1) is 15.2. The normalized spacial score (nSPS) is 14.7. The summed E-state index contributed by atoms with van der Waals surface area (Å²) in [6.07, 6.45) is 1.65. The van der Waals surface area contributed by atoms with Gasteiger partial charge in [0.2, 0.25) is 0 Å². The SMILES string of the molecule is O=[N+]([O-])c1c(N2CC(c3nc4ccccc4s3)C2)ccc2ncccc12. The van der Waals surface area contributed by atoms with Gasteiger partial charge in [-0.15, -0.1) is 11.3 Å². The summed E-state index contributed by atoms with van der Waals surface area (Å²) in [5.41, 5.74) is 2.46. The number of nitro groups is 1. The van der Waals surface area contributed by atoms with Gasteiger partial charge in [-0.2, -0.15) is 0 Å². The van der Waals surface area contributed by atoms with Gasteiger partial charge in [0.25, 0.3) is 0 Å². The number of benzene rings is 2. The van der Waals surface area contributed by atoms with Crippen molar-refractivity contribution in [2.45, 2.75) is 5.92 Å². The van der Waals surface area contributed by atoms with E-state index >= 15 is 0 Å². The first-order valence-electron chi connectivity index (χ1n) is 8.33. The van der Waals surface area contributed by atoms with Crippen LogP contribution in [-0.2, 0) is 0 Å². The molecule has 1 aliphatic heterocycles. The number of rotatable bonds is 3.